The molecule has 8 heteroatoms. The van der Waals surface area contributed by atoms with Crippen molar-refractivity contribution in [3.05, 3.63) is 29.3 Å². The number of nitrogens with one attached hydrogen (secondary N) is 2. The predicted molar refractivity (Wildman–Crippen MR) is 95.8 cm³/mol. The highest BCUT2D eigenvalue weighted by molar-refractivity contribution is 7.13. The minimum Gasteiger partial charge on any atom is -0.351 e. The Morgan fingerprint density at radius 2 is 2.33 bits per heavy atom. The summed E-state index contributed by atoms with van der Waals surface area (Å²) in [6, 6.07) is 5.59. The molecule has 124 valence electrons. The van der Waals surface area contributed by atoms with Gasteiger partial charge < -0.3 is 11.1 Å². The minimum atomic E-state index is -0.424. The Morgan fingerprint density at radius 1 is 1.50 bits per heavy atom. The number of amides is 1. The summed E-state index contributed by atoms with van der Waals surface area (Å²) in [4.78, 5) is 24.1. The smallest absolute Gasteiger partial charge is 0.217 e. The second kappa shape index (κ2) is 8.88. The molecular formula is C16H18N6OS. The van der Waals surface area contributed by atoms with Gasteiger partial charge in [0.25, 0.3) is 0 Å². The third-order valence-corrected chi connectivity index (χ3v) is 3.61. The third-order valence-electron chi connectivity index (χ3n) is 2.87. The quantitative estimate of drug-likeness (QED) is 0.396. The fourth-order valence-corrected chi connectivity index (χ4v) is 2.41. The lowest BCUT2D eigenvalue weighted by molar-refractivity contribution is -0.119. The Kier molecular flexibility index (Phi) is 6.57. The summed E-state index contributed by atoms with van der Waals surface area (Å²) < 4.78 is 0. The van der Waals surface area contributed by atoms with Crippen LogP contribution in [0.3, 0.4) is 0 Å². The molecule has 2 aromatic rings. The van der Waals surface area contributed by atoms with Crippen molar-refractivity contribution in [1.29, 1.82) is 0 Å². The number of nitrogens with zero attached hydrogens (tertiary/aromatic N) is 3. The molecule has 2 rings (SSSR count). The summed E-state index contributed by atoms with van der Waals surface area (Å²) in [5, 5.41) is 8.06. The number of hydrogen-bond donors (Lipinski definition) is 3. The molecule has 0 saturated heterocycles. The van der Waals surface area contributed by atoms with Gasteiger partial charge in [0, 0.05) is 18.5 Å². The van der Waals surface area contributed by atoms with Crippen LogP contribution in [0.25, 0.3) is 11.4 Å². The highest BCUT2D eigenvalue weighted by Crippen LogP contribution is 2.25. The van der Waals surface area contributed by atoms with Gasteiger partial charge >= 0.3 is 0 Å². The summed E-state index contributed by atoms with van der Waals surface area (Å²) in [6.45, 7) is 2.23. The van der Waals surface area contributed by atoms with Gasteiger partial charge in [-0.1, -0.05) is 12.0 Å². The zero-order valence-corrected chi connectivity index (χ0v) is 14.0. The number of rotatable bonds is 7. The summed E-state index contributed by atoms with van der Waals surface area (Å²) in [6.07, 6.45) is 6.28. The first-order chi connectivity index (χ1) is 11.6. The van der Waals surface area contributed by atoms with Gasteiger partial charge in [-0.15, -0.1) is 17.8 Å². The summed E-state index contributed by atoms with van der Waals surface area (Å²) in [5.41, 5.74) is 7.99. The van der Waals surface area contributed by atoms with Crippen LogP contribution in [0.1, 0.15) is 12.6 Å². The number of nitrogens with two attached hydrogens (primary N) is 1. The topological polar surface area (TPSA) is 105 Å². The molecule has 2 heterocycles. The number of carbonyl (C=O) groups is 1. The van der Waals surface area contributed by atoms with Crippen LogP contribution in [0, 0.1) is 12.3 Å². The van der Waals surface area contributed by atoms with E-state index in [2.05, 4.69) is 31.5 Å². The Hall–Kier alpha value is -2.60. The second-order valence-corrected chi connectivity index (χ2v) is 5.66. The van der Waals surface area contributed by atoms with Gasteiger partial charge in [0.15, 0.2) is 0 Å². The molecule has 7 nitrogen and oxygen atoms in total. The molecule has 0 aliphatic carbocycles. The first-order valence-corrected chi connectivity index (χ1v) is 8.09. The molecule has 0 aromatic carbocycles. The van der Waals surface area contributed by atoms with E-state index >= 15 is 0 Å². The average Bonchev–Trinajstić information content (AvgIpc) is 3.05. The van der Waals surface area contributed by atoms with Crippen molar-refractivity contribution in [2.24, 2.45) is 10.7 Å². The number of pyridine rings is 1. The maximum Gasteiger partial charge on any atom is 0.217 e. The van der Waals surface area contributed by atoms with Crippen molar-refractivity contribution in [3.63, 3.8) is 0 Å². The van der Waals surface area contributed by atoms with Crippen LogP contribution in [0.4, 0.5) is 5.13 Å². The van der Waals surface area contributed by atoms with E-state index in [0.717, 1.165) is 17.1 Å². The van der Waals surface area contributed by atoms with Gasteiger partial charge in [0.05, 0.1) is 30.6 Å². The van der Waals surface area contributed by atoms with Crippen LogP contribution in [-0.2, 0) is 11.3 Å². The van der Waals surface area contributed by atoms with Crippen molar-refractivity contribution in [3.8, 4) is 23.7 Å². The van der Waals surface area contributed by atoms with E-state index in [1.807, 2.05) is 23.6 Å². The highest BCUT2D eigenvalue weighted by atomic mass is 32.1. The van der Waals surface area contributed by atoms with Gasteiger partial charge in [-0.05, 0) is 12.1 Å². The number of hydrogen-bond acceptors (Lipinski definition) is 7. The molecular weight excluding hydrogens is 324 g/mol. The fourth-order valence-electron chi connectivity index (χ4n) is 1.75. The molecule has 4 N–H and O–H groups in total. The molecule has 1 atom stereocenters. The largest absolute Gasteiger partial charge is 0.351 e. The molecule has 1 unspecified atom stereocenters. The Bertz CT molecular complexity index is 764. The van der Waals surface area contributed by atoms with Crippen LogP contribution in [0.15, 0.2) is 28.6 Å². The van der Waals surface area contributed by atoms with E-state index in [1.54, 1.807) is 6.21 Å². The van der Waals surface area contributed by atoms with E-state index in [-0.39, 0.29) is 5.91 Å². The van der Waals surface area contributed by atoms with Crippen molar-refractivity contribution in [2.45, 2.75) is 19.6 Å². The fraction of sp³-hybridized carbons (Fsp3) is 0.250. The second-order valence-electron chi connectivity index (χ2n) is 4.83. The van der Waals surface area contributed by atoms with Crippen LogP contribution in [0.2, 0.25) is 0 Å². The first kappa shape index (κ1) is 17.7. The number of carbonyl (C=O) groups excluding carboxylic acids is 1. The lowest BCUT2D eigenvalue weighted by Gasteiger charge is -2.04. The van der Waals surface area contributed by atoms with Crippen LogP contribution >= 0.6 is 11.3 Å². The predicted octanol–water partition coefficient (Wildman–Crippen LogP) is 1.05. The monoisotopic (exact) mass is 342 g/mol. The van der Waals surface area contributed by atoms with E-state index in [1.165, 1.54) is 18.3 Å². The summed E-state index contributed by atoms with van der Waals surface area (Å²) in [7, 11) is 0. The molecule has 0 spiro atoms. The van der Waals surface area contributed by atoms with Crippen molar-refractivity contribution in [2.75, 3.05) is 6.54 Å². The molecule has 1 amide bonds. The summed E-state index contributed by atoms with van der Waals surface area (Å²) in [5.74, 6) is 2.35. The third kappa shape index (κ3) is 5.55. The summed E-state index contributed by atoms with van der Waals surface area (Å²) >= 11 is 1.39. The highest BCUT2D eigenvalue weighted by Gasteiger charge is 2.07. The molecule has 0 aliphatic rings. The maximum atomic E-state index is 11.0. The van der Waals surface area contributed by atoms with Crippen molar-refractivity contribution < 1.29 is 4.79 Å². The van der Waals surface area contributed by atoms with Gasteiger partial charge in [-0.2, -0.15) is 0 Å². The number of terminal acetylenes is 1. The Balaban J connectivity index is 2.05. The van der Waals surface area contributed by atoms with Crippen LogP contribution in [-0.4, -0.2) is 34.8 Å². The van der Waals surface area contributed by atoms with E-state index in [9.17, 15) is 4.79 Å². The molecule has 0 saturated carbocycles. The SMILES string of the molecule is C#CCNC(N)C=Nc1nc(-c2cccc(CNC(C)=O)n2)cs1. The lowest BCUT2D eigenvalue weighted by atomic mass is 10.2. The number of aliphatic imine (C=N–C) groups is 1. The van der Waals surface area contributed by atoms with Gasteiger partial charge in [-0.25, -0.2) is 15.0 Å². The minimum absolute atomic E-state index is 0.0951. The molecule has 0 aliphatic heterocycles. The van der Waals surface area contributed by atoms with Crippen molar-refractivity contribution >= 4 is 28.6 Å². The Morgan fingerprint density at radius 3 is 3.08 bits per heavy atom. The van der Waals surface area contributed by atoms with Gasteiger partial charge in [0.2, 0.25) is 11.0 Å². The van der Waals surface area contributed by atoms with Crippen molar-refractivity contribution in [1.82, 2.24) is 20.6 Å². The average molecular weight is 342 g/mol. The van der Waals surface area contributed by atoms with E-state index in [4.69, 9.17) is 12.2 Å². The zero-order valence-electron chi connectivity index (χ0n) is 13.2. The van der Waals surface area contributed by atoms with Crippen LogP contribution in [0.5, 0.6) is 0 Å². The van der Waals surface area contributed by atoms with E-state index < -0.39 is 6.17 Å². The molecule has 0 bridgehead atoms. The normalized spacial score (nSPS) is 12.0. The molecule has 24 heavy (non-hydrogen) atoms. The standard InChI is InChI=1S/C16H18N6OS/c1-3-7-18-15(17)9-20-16-22-14(10-24-16)13-6-4-5-12(21-13)8-19-11(2)23/h1,4-6,9-10,15,18H,7-8,17H2,2H3,(H,19,23). The lowest BCUT2D eigenvalue weighted by Crippen LogP contribution is -2.38. The molecule has 0 radical (unpaired) electrons. The molecule has 0 fully saturated rings. The first-order valence-electron chi connectivity index (χ1n) is 7.21. The number of aromatic nitrogens is 2. The van der Waals surface area contributed by atoms with Crippen LogP contribution < -0.4 is 16.4 Å². The van der Waals surface area contributed by atoms with Gasteiger partial charge in [-0.3, -0.25) is 10.1 Å². The zero-order chi connectivity index (χ0) is 17.4. The Labute approximate surface area is 144 Å². The molecule has 2 aromatic heterocycles. The van der Waals surface area contributed by atoms with E-state index in [0.29, 0.717) is 18.2 Å². The van der Waals surface area contributed by atoms with Gasteiger partial charge in [0.1, 0.15) is 5.69 Å². The maximum absolute atomic E-state index is 11.0. The number of thiazole rings is 1.